The molecule has 122 valence electrons. The lowest BCUT2D eigenvalue weighted by Crippen LogP contribution is -2.49. The van der Waals surface area contributed by atoms with Crippen LogP contribution in [0.1, 0.15) is 39.0 Å². The van der Waals surface area contributed by atoms with Crippen LogP contribution in [0.2, 0.25) is 0 Å². The predicted octanol–water partition coefficient (Wildman–Crippen LogP) is 0.744. The van der Waals surface area contributed by atoms with Gasteiger partial charge in [0.15, 0.2) is 0 Å². The van der Waals surface area contributed by atoms with Crippen LogP contribution in [-0.2, 0) is 4.79 Å². The van der Waals surface area contributed by atoms with E-state index in [9.17, 15) is 4.79 Å². The van der Waals surface area contributed by atoms with Crippen molar-refractivity contribution in [1.29, 1.82) is 0 Å². The zero-order chi connectivity index (χ0) is 15.1. The van der Waals surface area contributed by atoms with Crippen molar-refractivity contribution in [2.24, 2.45) is 5.73 Å². The van der Waals surface area contributed by atoms with Crippen LogP contribution >= 0.6 is 0 Å². The maximum Gasteiger partial charge on any atom is 0.239 e. The van der Waals surface area contributed by atoms with E-state index >= 15 is 0 Å². The van der Waals surface area contributed by atoms with E-state index in [0.29, 0.717) is 5.91 Å². The molecule has 2 rings (SSSR count). The molecule has 0 radical (unpaired) electrons. The maximum atomic E-state index is 12.6. The van der Waals surface area contributed by atoms with Crippen LogP contribution in [-0.4, -0.2) is 79.0 Å². The van der Waals surface area contributed by atoms with E-state index in [1.807, 2.05) is 0 Å². The van der Waals surface area contributed by atoms with Gasteiger partial charge < -0.3 is 15.5 Å². The summed E-state index contributed by atoms with van der Waals surface area (Å²) in [5.74, 6) is 0.338. The molecular formula is C16H32N4O. The second-order valence-electron chi connectivity index (χ2n) is 6.44. The van der Waals surface area contributed by atoms with Gasteiger partial charge in [-0.25, -0.2) is 0 Å². The minimum atomic E-state index is 0.0394. The predicted molar refractivity (Wildman–Crippen MR) is 86.2 cm³/mol. The smallest absolute Gasteiger partial charge is 0.239 e. The summed E-state index contributed by atoms with van der Waals surface area (Å²) >= 11 is 0. The molecule has 2 heterocycles. The summed E-state index contributed by atoms with van der Waals surface area (Å²) in [6.45, 7) is 10.1. The quantitative estimate of drug-likeness (QED) is 0.813. The number of nitrogens with zero attached hydrogens (tertiary/aromatic N) is 3. The molecule has 1 amide bonds. The van der Waals surface area contributed by atoms with E-state index in [0.717, 1.165) is 65.2 Å². The molecule has 2 saturated heterocycles. The number of nitrogens with two attached hydrogens (primary N) is 1. The number of likely N-dealkylation sites (tertiary alicyclic amines) is 1. The molecule has 0 spiro atoms. The highest BCUT2D eigenvalue weighted by Gasteiger charge is 2.28. The molecule has 1 unspecified atom stereocenters. The minimum absolute atomic E-state index is 0.0394. The average molecular weight is 296 g/mol. The molecule has 0 aromatic carbocycles. The zero-order valence-electron chi connectivity index (χ0n) is 13.6. The molecular weight excluding hydrogens is 264 g/mol. The molecule has 2 N–H and O–H groups in total. The first-order valence-electron chi connectivity index (χ1n) is 8.67. The lowest BCUT2D eigenvalue weighted by atomic mass is 10.1. The molecule has 2 aliphatic heterocycles. The maximum absolute atomic E-state index is 12.6. The Hall–Kier alpha value is -0.650. The van der Waals surface area contributed by atoms with E-state index in [-0.39, 0.29) is 6.04 Å². The number of carbonyl (C=O) groups is 1. The van der Waals surface area contributed by atoms with Crippen LogP contribution in [0.4, 0.5) is 0 Å². The van der Waals surface area contributed by atoms with Crippen LogP contribution in [0.3, 0.4) is 0 Å². The SMILES string of the molecule is CC(C(=O)N1CCCCC1)N1CCCN(CCCN)CC1. The Morgan fingerprint density at radius 1 is 1.00 bits per heavy atom. The van der Waals surface area contributed by atoms with Gasteiger partial charge in [0.1, 0.15) is 0 Å². The number of hydrogen-bond donors (Lipinski definition) is 1. The van der Waals surface area contributed by atoms with Gasteiger partial charge in [0.05, 0.1) is 6.04 Å². The van der Waals surface area contributed by atoms with Gasteiger partial charge in [-0.2, -0.15) is 0 Å². The van der Waals surface area contributed by atoms with E-state index in [4.69, 9.17) is 5.73 Å². The molecule has 0 saturated carbocycles. The van der Waals surface area contributed by atoms with Crippen LogP contribution < -0.4 is 5.73 Å². The molecule has 1 atom stereocenters. The Morgan fingerprint density at radius 2 is 1.76 bits per heavy atom. The Labute approximate surface area is 129 Å². The van der Waals surface area contributed by atoms with E-state index < -0.39 is 0 Å². The lowest BCUT2D eigenvalue weighted by Gasteiger charge is -2.34. The molecule has 0 bridgehead atoms. The summed E-state index contributed by atoms with van der Waals surface area (Å²) in [5, 5.41) is 0. The van der Waals surface area contributed by atoms with Crippen molar-refractivity contribution in [2.45, 2.75) is 45.1 Å². The van der Waals surface area contributed by atoms with Gasteiger partial charge in [-0.05, 0) is 58.7 Å². The number of amides is 1. The van der Waals surface area contributed by atoms with Crippen LogP contribution in [0.5, 0.6) is 0 Å². The van der Waals surface area contributed by atoms with Gasteiger partial charge in [-0.15, -0.1) is 0 Å². The second-order valence-corrected chi connectivity index (χ2v) is 6.44. The topological polar surface area (TPSA) is 52.8 Å². The normalized spacial score (nSPS) is 23.8. The molecule has 0 aromatic heterocycles. The van der Waals surface area contributed by atoms with Crippen molar-refractivity contribution in [3.05, 3.63) is 0 Å². The second kappa shape index (κ2) is 8.71. The van der Waals surface area contributed by atoms with E-state index in [1.54, 1.807) is 0 Å². The largest absolute Gasteiger partial charge is 0.341 e. The Balaban J connectivity index is 1.81. The minimum Gasteiger partial charge on any atom is -0.341 e. The lowest BCUT2D eigenvalue weighted by molar-refractivity contribution is -0.137. The van der Waals surface area contributed by atoms with Crippen molar-refractivity contribution in [2.75, 3.05) is 52.4 Å². The number of piperidine rings is 1. The fourth-order valence-electron chi connectivity index (χ4n) is 3.45. The molecule has 5 heteroatoms. The van der Waals surface area contributed by atoms with Crippen LogP contribution in [0, 0.1) is 0 Å². The summed E-state index contributed by atoms with van der Waals surface area (Å²) in [7, 11) is 0. The summed E-state index contributed by atoms with van der Waals surface area (Å²) in [6, 6.07) is 0.0394. The van der Waals surface area contributed by atoms with Crippen molar-refractivity contribution >= 4 is 5.91 Å². The highest BCUT2D eigenvalue weighted by Crippen LogP contribution is 2.14. The highest BCUT2D eigenvalue weighted by molar-refractivity contribution is 5.81. The monoisotopic (exact) mass is 296 g/mol. The highest BCUT2D eigenvalue weighted by atomic mass is 16.2. The van der Waals surface area contributed by atoms with Crippen molar-refractivity contribution < 1.29 is 4.79 Å². The summed E-state index contributed by atoms with van der Waals surface area (Å²) in [5.41, 5.74) is 5.60. The van der Waals surface area contributed by atoms with Gasteiger partial charge in [0, 0.05) is 32.7 Å². The first-order valence-corrected chi connectivity index (χ1v) is 8.67. The number of hydrogen-bond acceptors (Lipinski definition) is 4. The first-order chi connectivity index (χ1) is 10.2. The standard InChI is InChI=1S/C16H32N4O/c1-15(16(21)20-10-3-2-4-11-20)19-12-6-9-18(13-14-19)8-5-7-17/h15H,2-14,17H2,1H3. The zero-order valence-corrected chi connectivity index (χ0v) is 13.6. The fourth-order valence-corrected chi connectivity index (χ4v) is 3.45. The van der Waals surface area contributed by atoms with Gasteiger partial charge in [-0.3, -0.25) is 9.69 Å². The van der Waals surface area contributed by atoms with Gasteiger partial charge >= 0.3 is 0 Å². The summed E-state index contributed by atoms with van der Waals surface area (Å²) in [6.07, 6.45) is 5.85. The van der Waals surface area contributed by atoms with Crippen molar-refractivity contribution in [3.8, 4) is 0 Å². The Morgan fingerprint density at radius 3 is 2.48 bits per heavy atom. The van der Waals surface area contributed by atoms with Crippen LogP contribution in [0.15, 0.2) is 0 Å². The third-order valence-electron chi connectivity index (χ3n) is 4.87. The molecule has 2 fully saturated rings. The van der Waals surface area contributed by atoms with Crippen molar-refractivity contribution in [1.82, 2.24) is 14.7 Å². The summed E-state index contributed by atoms with van der Waals surface area (Å²) in [4.78, 5) is 19.6. The van der Waals surface area contributed by atoms with Crippen molar-refractivity contribution in [3.63, 3.8) is 0 Å². The Kier molecular flexibility index (Phi) is 6.93. The first kappa shape index (κ1) is 16.7. The number of carbonyl (C=O) groups excluding carboxylic acids is 1. The molecule has 21 heavy (non-hydrogen) atoms. The Bertz CT molecular complexity index is 317. The number of rotatable bonds is 5. The molecule has 2 aliphatic rings. The molecule has 0 aliphatic carbocycles. The van der Waals surface area contributed by atoms with Gasteiger partial charge in [0.25, 0.3) is 0 Å². The van der Waals surface area contributed by atoms with Crippen LogP contribution in [0.25, 0.3) is 0 Å². The van der Waals surface area contributed by atoms with Gasteiger partial charge in [-0.1, -0.05) is 0 Å². The van der Waals surface area contributed by atoms with Gasteiger partial charge in [0.2, 0.25) is 5.91 Å². The fraction of sp³-hybridized carbons (Fsp3) is 0.938. The van der Waals surface area contributed by atoms with E-state index in [2.05, 4.69) is 21.6 Å². The third-order valence-corrected chi connectivity index (χ3v) is 4.87. The third kappa shape index (κ3) is 4.94. The molecule has 0 aromatic rings. The molecule has 5 nitrogen and oxygen atoms in total. The summed E-state index contributed by atoms with van der Waals surface area (Å²) < 4.78 is 0. The average Bonchev–Trinajstić information content (AvgIpc) is 2.78. The van der Waals surface area contributed by atoms with E-state index in [1.165, 1.54) is 19.3 Å².